The molecule has 0 radical (unpaired) electrons. The number of anilines is 1. The normalized spacial score (nSPS) is 10.9. The summed E-state index contributed by atoms with van der Waals surface area (Å²) in [5, 5.41) is 16.3. The zero-order chi connectivity index (χ0) is 19.8. The Hall–Kier alpha value is -2.65. The maximum Gasteiger partial charge on any atom is 0.250 e. The first-order valence-electron chi connectivity index (χ1n) is 8.49. The van der Waals surface area contributed by atoms with Crippen LogP contribution in [0.25, 0.3) is 0 Å². The molecule has 0 saturated carbocycles. The molecule has 7 nitrogen and oxygen atoms in total. The average Bonchev–Trinajstić information content (AvgIpc) is 3.06. The Morgan fingerprint density at radius 2 is 1.93 bits per heavy atom. The van der Waals surface area contributed by atoms with Gasteiger partial charge in [-0.15, -0.1) is 10.2 Å². The Labute approximate surface area is 175 Å². The molecule has 1 amide bonds. The predicted molar refractivity (Wildman–Crippen MR) is 115 cm³/mol. The Balaban J connectivity index is 1.46. The summed E-state index contributed by atoms with van der Waals surface area (Å²) in [7, 11) is 1.88. The van der Waals surface area contributed by atoms with Crippen molar-refractivity contribution in [2.75, 3.05) is 11.1 Å². The molecule has 144 valence electrons. The van der Waals surface area contributed by atoms with Crippen LogP contribution in [0.4, 0.5) is 5.69 Å². The highest BCUT2D eigenvalue weighted by Crippen LogP contribution is 2.17. The van der Waals surface area contributed by atoms with Crippen LogP contribution >= 0.6 is 27.7 Å². The third-order valence-corrected chi connectivity index (χ3v) is 5.30. The van der Waals surface area contributed by atoms with Crippen molar-refractivity contribution in [3.63, 3.8) is 0 Å². The number of hydrogen-bond donors (Lipinski definition) is 2. The molecule has 28 heavy (non-hydrogen) atoms. The van der Waals surface area contributed by atoms with Gasteiger partial charge in [0, 0.05) is 17.2 Å². The molecule has 1 aromatic heterocycles. The first-order valence-corrected chi connectivity index (χ1v) is 10.3. The van der Waals surface area contributed by atoms with Crippen LogP contribution in [-0.2, 0) is 18.4 Å². The summed E-state index contributed by atoms with van der Waals surface area (Å²) in [4.78, 5) is 11.9. The number of nitrogens with zero attached hydrogens (tertiary/aromatic N) is 4. The molecular formula is C19H19BrN6OS. The summed E-state index contributed by atoms with van der Waals surface area (Å²) in [5.41, 5.74) is 4.43. The number of carbonyl (C=O) groups is 1. The first kappa shape index (κ1) is 20.1. The van der Waals surface area contributed by atoms with Gasteiger partial charge >= 0.3 is 0 Å². The van der Waals surface area contributed by atoms with Crippen molar-refractivity contribution < 1.29 is 4.79 Å². The first-order chi connectivity index (χ1) is 13.6. The molecule has 2 aromatic carbocycles. The molecule has 3 aromatic rings. The minimum absolute atomic E-state index is 0.199. The fraction of sp³-hybridized carbons (Fsp3) is 0.158. The van der Waals surface area contributed by atoms with Crippen LogP contribution in [0, 0.1) is 0 Å². The summed E-state index contributed by atoms with van der Waals surface area (Å²) < 4.78 is 2.90. The van der Waals surface area contributed by atoms with Gasteiger partial charge in [-0.05, 0) is 29.8 Å². The van der Waals surface area contributed by atoms with Crippen LogP contribution in [0.3, 0.4) is 0 Å². The minimum Gasteiger partial charge on any atom is -0.378 e. The summed E-state index contributed by atoms with van der Waals surface area (Å²) in [6, 6.07) is 17.5. The topological polar surface area (TPSA) is 84.2 Å². The Morgan fingerprint density at radius 3 is 2.68 bits per heavy atom. The van der Waals surface area contributed by atoms with Gasteiger partial charge in [-0.1, -0.05) is 58.0 Å². The van der Waals surface area contributed by atoms with Crippen molar-refractivity contribution in [2.24, 2.45) is 12.1 Å². The second kappa shape index (κ2) is 10.0. The SMILES string of the molecule is Cn1c(CNc2ccc(Br)cc2)nnc1SCC(=O)NN=Cc1ccccc1. The highest BCUT2D eigenvalue weighted by Gasteiger charge is 2.11. The number of halogens is 1. The van der Waals surface area contributed by atoms with E-state index >= 15 is 0 Å². The number of hydrazone groups is 1. The predicted octanol–water partition coefficient (Wildman–Crippen LogP) is 3.43. The third-order valence-electron chi connectivity index (χ3n) is 3.75. The van der Waals surface area contributed by atoms with Gasteiger partial charge < -0.3 is 9.88 Å². The molecule has 0 fully saturated rings. The van der Waals surface area contributed by atoms with Gasteiger partial charge in [-0.2, -0.15) is 5.10 Å². The van der Waals surface area contributed by atoms with Gasteiger partial charge in [0.25, 0.3) is 5.91 Å². The molecule has 3 rings (SSSR count). The minimum atomic E-state index is -0.199. The lowest BCUT2D eigenvalue weighted by molar-refractivity contribution is -0.118. The number of amides is 1. The van der Waals surface area contributed by atoms with Gasteiger partial charge in [-0.25, -0.2) is 5.43 Å². The molecule has 0 aliphatic rings. The number of benzene rings is 2. The van der Waals surface area contributed by atoms with Gasteiger partial charge in [0.1, 0.15) is 0 Å². The molecule has 0 aliphatic carbocycles. The van der Waals surface area contributed by atoms with Crippen LogP contribution < -0.4 is 10.7 Å². The van der Waals surface area contributed by atoms with Crippen LogP contribution in [-0.4, -0.2) is 32.6 Å². The number of carbonyl (C=O) groups excluding carboxylic acids is 1. The Morgan fingerprint density at radius 1 is 1.18 bits per heavy atom. The zero-order valence-corrected chi connectivity index (χ0v) is 17.6. The number of aromatic nitrogens is 3. The van der Waals surface area contributed by atoms with E-state index in [-0.39, 0.29) is 11.7 Å². The maximum absolute atomic E-state index is 11.9. The van der Waals surface area contributed by atoms with Crippen LogP contribution in [0.2, 0.25) is 0 Å². The average molecular weight is 459 g/mol. The summed E-state index contributed by atoms with van der Waals surface area (Å²) >= 11 is 4.73. The smallest absolute Gasteiger partial charge is 0.250 e. The van der Waals surface area contributed by atoms with Crippen LogP contribution in [0.5, 0.6) is 0 Å². The molecule has 0 atom stereocenters. The van der Waals surface area contributed by atoms with Crippen molar-refractivity contribution in [1.82, 2.24) is 20.2 Å². The fourth-order valence-electron chi connectivity index (χ4n) is 2.25. The second-order valence-corrected chi connectivity index (χ2v) is 7.67. The van der Waals surface area contributed by atoms with Gasteiger partial charge in [-0.3, -0.25) is 4.79 Å². The fourth-order valence-corrected chi connectivity index (χ4v) is 3.24. The number of hydrogen-bond acceptors (Lipinski definition) is 6. The Kier molecular flexibility index (Phi) is 7.21. The van der Waals surface area contributed by atoms with E-state index in [2.05, 4.69) is 42.0 Å². The van der Waals surface area contributed by atoms with Gasteiger partial charge in [0.05, 0.1) is 18.5 Å². The van der Waals surface area contributed by atoms with Crippen molar-refractivity contribution in [3.05, 3.63) is 70.5 Å². The number of thioether (sulfide) groups is 1. The standard InChI is InChI=1S/C19H19BrN6OS/c1-26-17(12-21-16-9-7-15(20)8-10-16)23-25-19(26)28-13-18(27)24-22-11-14-5-3-2-4-6-14/h2-11,21H,12-13H2,1H3,(H,24,27). The van der Waals surface area contributed by atoms with Gasteiger partial charge in [0.2, 0.25) is 0 Å². The van der Waals surface area contributed by atoms with E-state index in [4.69, 9.17) is 0 Å². The maximum atomic E-state index is 11.9. The lowest BCUT2D eigenvalue weighted by Crippen LogP contribution is -2.20. The monoisotopic (exact) mass is 458 g/mol. The third kappa shape index (κ3) is 5.93. The van der Waals surface area contributed by atoms with Gasteiger partial charge in [0.15, 0.2) is 11.0 Å². The molecule has 0 spiro atoms. The van der Waals surface area contributed by atoms with E-state index in [0.717, 1.165) is 21.5 Å². The molecular weight excluding hydrogens is 440 g/mol. The lowest BCUT2D eigenvalue weighted by Gasteiger charge is -2.07. The van der Waals surface area contributed by atoms with E-state index in [9.17, 15) is 4.79 Å². The summed E-state index contributed by atoms with van der Waals surface area (Å²) in [6.07, 6.45) is 1.61. The van der Waals surface area contributed by atoms with Crippen molar-refractivity contribution in [1.29, 1.82) is 0 Å². The molecule has 0 saturated heterocycles. The van der Waals surface area contributed by atoms with E-state index < -0.39 is 0 Å². The van der Waals surface area contributed by atoms with E-state index in [1.807, 2.05) is 66.2 Å². The van der Waals surface area contributed by atoms with E-state index in [0.29, 0.717) is 11.7 Å². The number of rotatable bonds is 8. The largest absolute Gasteiger partial charge is 0.378 e. The molecule has 1 heterocycles. The molecule has 2 N–H and O–H groups in total. The second-order valence-electron chi connectivity index (χ2n) is 5.81. The zero-order valence-electron chi connectivity index (χ0n) is 15.2. The van der Waals surface area contributed by atoms with E-state index in [1.165, 1.54) is 11.8 Å². The lowest BCUT2D eigenvalue weighted by atomic mass is 10.2. The van der Waals surface area contributed by atoms with Crippen molar-refractivity contribution >= 4 is 45.5 Å². The quantitative estimate of drug-likeness (QED) is 0.306. The Bertz CT molecular complexity index is 943. The van der Waals surface area contributed by atoms with E-state index in [1.54, 1.807) is 6.21 Å². The summed E-state index contributed by atoms with van der Waals surface area (Å²) in [6.45, 7) is 0.541. The molecule has 0 bridgehead atoms. The van der Waals surface area contributed by atoms with Crippen molar-refractivity contribution in [2.45, 2.75) is 11.7 Å². The van der Waals surface area contributed by atoms with Crippen molar-refractivity contribution in [3.8, 4) is 0 Å². The molecule has 0 unspecified atom stereocenters. The summed E-state index contributed by atoms with van der Waals surface area (Å²) in [5.74, 6) is 0.792. The highest BCUT2D eigenvalue weighted by atomic mass is 79.9. The van der Waals surface area contributed by atoms with Crippen LogP contribution in [0.15, 0.2) is 69.3 Å². The molecule has 0 aliphatic heterocycles. The molecule has 9 heteroatoms. The van der Waals surface area contributed by atoms with Crippen LogP contribution in [0.1, 0.15) is 11.4 Å². The number of nitrogens with one attached hydrogen (secondary N) is 2. The highest BCUT2D eigenvalue weighted by molar-refractivity contribution is 9.10.